The minimum absolute atomic E-state index is 0.616. The first-order valence-electron chi connectivity index (χ1n) is 5.00. The van der Waals surface area contributed by atoms with E-state index in [0.29, 0.717) is 6.54 Å². The van der Waals surface area contributed by atoms with Crippen LogP contribution in [0, 0.1) is 0 Å². The van der Waals surface area contributed by atoms with E-state index in [1.165, 1.54) is 5.56 Å². The van der Waals surface area contributed by atoms with E-state index in [1.807, 2.05) is 12.1 Å². The second-order valence-electron chi connectivity index (χ2n) is 3.53. The molecule has 0 atom stereocenters. The van der Waals surface area contributed by atoms with Crippen LogP contribution in [-0.2, 0) is 6.54 Å². The van der Waals surface area contributed by atoms with E-state index in [0.717, 1.165) is 17.6 Å². The van der Waals surface area contributed by atoms with Gasteiger partial charge in [0.05, 0.1) is 0 Å². The zero-order chi connectivity index (χ0) is 11.1. The first-order valence-corrected chi connectivity index (χ1v) is 5.79. The molecule has 15 heavy (non-hydrogen) atoms. The normalized spacial score (nSPS) is 11.5. The van der Waals surface area contributed by atoms with Gasteiger partial charge in [-0.2, -0.15) is 0 Å². The van der Waals surface area contributed by atoms with E-state index in [4.69, 9.17) is 5.73 Å². The second-order valence-corrected chi connectivity index (χ2v) is 4.45. The topological polar surface area (TPSA) is 29.3 Å². The zero-order valence-corrected chi connectivity index (χ0v) is 10.6. The van der Waals surface area contributed by atoms with Crippen molar-refractivity contribution in [1.29, 1.82) is 0 Å². The van der Waals surface area contributed by atoms with Crippen LogP contribution < -0.4 is 5.73 Å². The minimum Gasteiger partial charge on any atom is -0.327 e. The van der Waals surface area contributed by atoms with Gasteiger partial charge in [-0.25, -0.2) is 0 Å². The molecular formula is C12H17BrN2. The molecule has 0 heterocycles. The molecule has 0 aliphatic rings. The van der Waals surface area contributed by atoms with Gasteiger partial charge < -0.3 is 5.73 Å². The molecule has 3 heteroatoms. The van der Waals surface area contributed by atoms with E-state index in [1.54, 1.807) is 0 Å². The van der Waals surface area contributed by atoms with Crippen molar-refractivity contribution in [2.45, 2.75) is 6.54 Å². The number of hydrogen-bond donors (Lipinski definition) is 1. The van der Waals surface area contributed by atoms with E-state index < -0.39 is 0 Å². The van der Waals surface area contributed by atoms with Crippen molar-refractivity contribution in [3.8, 4) is 0 Å². The van der Waals surface area contributed by atoms with Crippen LogP contribution in [0.1, 0.15) is 5.56 Å². The molecule has 0 saturated heterocycles. The molecule has 1 rings (SSSR count). The van der Waals surface area contributed by atoms with Crippen molar-refractivity contribution in [3.63, 3.8) is 0 Å². The summed E-state index contributed by atoms with van der Waals surface area (Å²) in [7, 11) is 2.10. The van der Waals surface area contributed by atoms with Crippen molar-refractivity contribution in [2.24, 2.45) is 5.73 Å². The van der Waals surface area contributed by atoms with Gasteiger partial charge in [0, 0.05) is 24.1 Å². The molecule has 2 N–H and O–H groups in total. The number of nitrogens with two attached hydrogens (primary N) is 1. The second kappa shape index (κ2) is 6.77. The molecule has 1 aromatic rings. The van der Waals surface area contributed by atoms with E-state index in [2.05, 4.69) is 52.2 Å². The quantitative estimate of drug-likeness (QED) is 0.832. The van der Waals surface area contributed by atoms with Gasteiger partial charge in [-0.05, 0) is 24.7 Å². The fourth-order valence-electron chi connectivity index (χ4n) is 1.36. The molecule has 0 aromatic heterocycles. The monoisotopic (exact) mass is 268 g/mol. The van der Waals surface area contributed by atoms with Gasteiger partial charge in [0.1, 0.15) is 0 Å². The third kappa shape index (κ3) is 5.11. The van der Waals surface area contributed by atoms with Crippen LogP contribution in [0.5, 0.6) is 0 Å². The number of likely N-dealkylation sites (N-methyl/N-ethyl adjacent to an activating group) is 1. The number of benzene rings is 1. The van der Waals surface area contributed by atoms with Crippen molar-refractivity contribution < 1.29 is 0 Å². The lowest BCUT2D eigenvalue weighted by molar-refractivity contribution is 0.363. The molecule has 0 radical (unpaired) electrons. The maximum absolute atomic E-state index is 5.38. The standard InChI is InChI=1S/C12H17BrN2/c1-15(8-3-2-7-14)10-11-5-4-6-12(13)9-11/h2-6,9H,7-8,10,14H2,1H3. The van der Waals surface area contributed by atoms with E-state index >= 15 is 0 Å². The van der Waals surface area contributed by atoms with Crippen LogP contribution in [0.25, 0.3) is 0 Å². The minimum atomic E-state index is 0.616. The Kier molecular flexibility index (Phi) is 5.61. The van der Waals surface area contributed by atoms with Crippen LogP contribution in [0.3, 0.4) is 0 Å². The Bertz CT molecular complexity index is 323. The highest BCUT2D eigenvalue weighted by Crippen LogP contribution is 2.12. The molecule has 0 aliphatic heterocycles. The fraction of sp³-hybridized carbons (Fsp3) is 0.333. The van der Waals surface area contributed by atoms with Crippen LogP contribution in [0.4, 0.5) is 0 Å². The molecule has 0 saturated carbocycles. The summed E-state index contributed by atoms with van der Waals surface area (Å²) in [5.41, 5.74) is 6.69. The van der Waals surface area contributed by atoms with Gasteiger partial charge in [0.25, 0.3) is 0 Å². The lowest BCUT2D eigenvalue weighted by Gasteiger charge is -2.14. The van der Waals surface area contributed by atoms with Gasteiger partial charge in [0.2, 0.25) is 0 Å². The number of halogens is 1. The Morgan fingerprint density at radius 3 is 2.87 bits per heavy atom. The maximum Gasteiger partial charge on any atom is 0.0234 e. The molecular weight excluding hydrogens is 252 g/mol. The largest absolute Gasteiger partial charge is 0.327 e. The number of hydrogen-bond acceptors (Lipinski definition) is 2. The third-order valence-electron chi connectivity index (χ3n) is 2.06. The first-order chi connectivity index (χ1) is 7.22. The number of nitrogens with zero attached hydrogens (tertiary/aromatic N) is 1. The van der Waals surface area contributed by atoms with Crippen LogP contribution >= 0.6 is 15.9 Å². The molecule has 0 unspecified atom stereocenters. The van der Waals surface area contributed by atoms with Gasteiger partial charge in [-0.15, -0.1) is 0 Å². The van der Waals surface area contributed by atoms with Crippen molar-refractivity contribution in [2.75, 3.05) is 20.1 Å². The van der Waals surface area contributed by atoms with Crippen molar-refractivity contribution in [3.05, 3.63) is 46.5 Å². The summed E-state index contributed by atoms with van der Waals surface area (Å²) >= 11 is 3.47. The number of rotatable bonds is 5. The van der Waals surface area contributed by atoms with Crippen molar-refractivity contribution >= 4 is 15.9 Å². The molecule has 2 nitrogen and oxygen atoms in total. The van der Waals surface area contributed by atoms with Gasteiger partial charge in [-0.1, -0.05) is 40.2 Å². The van der Waals surface area contributed by atoms with Crippen LogP contribution in [0.2, 0.25) is 0 Å². The third-order valence-corrected chi connectivity index (χ3v) is 2.55. The molecule has 0 bridgehead atoms. The summed E-state index contributed by atoms with van der Waals surface area (Å²) < 4.78 is 1.13. The SMILES string of the molecule is CN(CC=CCN)Cc1cccc(Br)c1. The van der Waals surface area contributed by atoms with Gasteiger partial charge in [-0.3, -0.25) is 4.90 Å². The zero-order valence-electron chi connectivity index (χ0n) is 8.99. The van der Waals surface area contributed by atoms with E-state index in [-0.39, 0.29) is 0 Å². The van der Waals surface area contributed by atoms with Crippen LogP contribution in [0.15, 0.2) is 40.9 Å². The predicted molar refractivity (Wildman–Crippen MR) is 68.7 cm³/mol. The summed E-state index contributed by atoms with van der Waals surface area (Å²) in [5.74, 6) is 0. The fourth-order valence-corrected chi connectivity index (χ4v) is 1.81. The smallest absolute Gasteiger partial charge is 0.0234 e. The summed E-state index contributed by atoms with van der Waals surface area (Å²) in [5, 5.41) is 0. The van der Waals surface area contributed by atoms with Gasteiger partial charge >= 0.3 is 0 Å². The lowest BCUT2D eigenvalue weighted by Crippen LogP contribution is -2.17. The summed E-state index contributed by atoms with van der Waals surface area (Å²) in [6, 6.07) is 8.37. The summed E-state index contributed by atoms with van der Waals surface area (Å²) in [6.07, 6.45) is 4.08. The Morgan fingerprint density at radius 1 is 1.40 bits per heavy atom. The van der Waals surface area contributed by atoms with Crippen molar-refractivity contribution in [1.82, 2.24) is 4.90 Å². The predicted octanol–water partition coefficient (Wildman–Crippen LogP) is 2.40. The summed E-state index contributed by atoms with van der Waals surface area (Å²) in [4.78, 5) is 2.24. The Hall–Kier alpha value is -0.640. The highest BCUT2D eigenvalue weighted by Gasteiger charge is 1.98. The average Bonchev–Trinajstić information content (AvgIpc) is 2.18. The highest BCUT2D eigenvalue weighted by atomic mass is 79.9. The maximum atomic E-state index is 5.38. The molecule has 0 fully saturated rings. The molecule has 0 aliphatic carbocycles. The lowest BCUT2D eigenvalue weighted by atomic mass is 10.2. The van der Waals surface area contributed by atoms with Gasteiger partial charge in [0.15, 0.2) is 0 Å². The highest BCUT2D eigenvalue weighted by molar-refractivity contribution is 9.10. The first kappa shape index (κ1) is 12.4. The Labute approximate surface area is 99.9 Å². The average molecular weight is 269 g/mol. The van der Waals surface area contributed by atoms with Crippen LogP contribution in [-0.4, -0.2) is 25.0 Å². The molecule has 1 aromatic carbocycles. The molecule has 0 amide bonds. The molecule has 0 spiro atoms. The molecule has 82 valence electrons. The Morgan fingerprint density at radius 2 is 2.20 bits per heavy atom. The Balaban J connectivity index is 2.44. The van der Waals surface area contributed by atoms with E-state index in [9.17, 15) is 0 Å². The summed E-state index contributed by atoms with van der Waals surface area (Å²) in [6.45, 7) is 2.50.